The molecule has 14 nitrogen and oxygen atoms in total. The summed E-state index contributed by atoms with van der Waals surface area (Å²) in [6.45, 7) is 2.37. The number of carbonyl (C=O) groups excluding carboxylic acids is 4. The number of hydrazone groups is 1. The fourth-order valence-corrected chi connectivity index (χ4v) is 5.27. The van der Waals surface area contributed by atoms with E-state index in [0.29, 0.717) is 13.1 Å². The molecule has 0 bridgehead atoms. The van der Waals surface area contributed by atoms with Gasteiger partial charge in [-0.15, -0.1) is 0 Å². The second-order valence-electron chi connectivity index (χ2n) is 11.2. The van der Waals surface area contributed by atoms with Gasteiger partial charge in [0, 0.05) is 51.2 Å². The SMILES string of the molecule is NN=CN1CCC[C@@H](CNC(=O)C[C@H](NC(=O)[C@@H](N)Cc2ccccc2)C(=O)N(CCNC(=O)c2cnccn2)C2CC2)C1. The molecule has 1 aromatic heterocycles. The lowest BCUT2D eigenvalue weighted by atomic mass is 9.98. The molecular weight excluding hydrogens is 564 g/mol. The zero-order valence-electron chi connectivity index (χ0n) is 24.8. The summed E-state index contributed by atoms with van der Waals surface area (Å²) in [6.07, 6.45) is 9.39. The zero-order valence-corrected chi connectivity index (χ0v) is 24.8. The largest absolute Gasteiger partial charge is 0.361 e. The van der Waals surface area contributed by atoms with Crippen molar-refractivity contribution in [2.24, 2.45) is 22.6 Å². The third kappa shape index (κ3) is 10.0. The van der Waals surface area contributed by atoms with Crippen LogP contribution in [0.4, 0.5) is 0 Å². The van der Waals surface area contributed by atoms with Gasteiger partial charge >= 0.3 is 0 Å². The second kappa shape index (κ2) is 16.3. The average molecular weight is 607 g/mol. The Labute approximate surface area is 257 Å². The minimum Gasteiger partial charge on any atom is -0.361 e. The second-order valence-corrected chi connectivity index (χ2v) is 11.2. The first-order valence-electron chi connectivity index (χ1n) is 15.0. The molecule has 4 amide bonds. The normalized spacial score (nSPS) is 17.8. The Kier molecular flexibility index (Phi) is 12.0. The third-order valence-electron chi connectivity index (χ3n) is 7.71. The smallest absolute Gasteiger partial charge is 0.271 e. The number of nitrogens with one attached hydrogen (secondary N) is 3. The molecule has 1 aliphatic carbocycles. The maximum absolute atomic E-state index is 13.9. The van der Waals surface area contributed by atoms with E-state index in [1.54, 1.807) is 11.2 Å². The van der Waals surface area contributed by atoms with Crippen LogP contribution < -0.4 is 27.5 Å². The van der Waals surface area contributed by atoms with Gasteiger partial charge in [-0.2, -0.15) is 5.10 Å². The molecule has 1 aliphatic heterocycles. The van der Waals surface area contributed by atoms with Crippen molar-refractivity contribution in [3.63, 3.8) is 0 Å². The highest BCUT2D eigenvalue weighted by Gasteiger charge is 2.37. The van der Waals surface area contributed by atoms with Gasteiger partial charge in [0.2, 0.25) is 17.7 Å². The van der Waals surface area contributed by atoms with Crippen molar-refractivity contribution in [2.45, 2.75) is 56.7 Å². The van der Waals surface area contributed by atoms with Gasteiger partial charge < -0.3 is 37.3 Å². The van der Waals surface area contributed by atoms with Crippen LogP contribution in [0.15, 0.2) is 54.0 Å². The number of hydrogen-bond donors (Lipinski definition) is 5. The number of piperidine rings is 1. The predicted molar refractivity (Wildman–Crippen MR) is 164 cm³/mol. The molecule has 44 heavy (non-hydrogen) atoms. The van der Waals surface area contributed by atoms with Gasteiger partial charge in [-0.25, -0.2) is 4.98 Å². The van der Waals surface area contributed by atoms with Gasteiger partial charge in [0.1, 0.15) is 18.1 Å². The van der Waals surface area contributed by atoms with Crippen molar-refractivity contribution >= 4 is 30.0 Å². The quantitative estimate of drug-likeness (QED) is 0.0758. The average Bonchev–Trinajstić information content (AvgIpc) is 3.88. The molecule has 1 saturated heterocycles. The first-order valence-corrected chi connectivity index (χ1v) is 15.0. The molecule has 7 N–H and O–H groups in total. The van der Waals surface area contributed by atoms with Crippen molar-refractivity contribution in [3.05, 3.63) is 60.2 Å². The summed E-state index contributed by atoms with van der Waals surface area (Å²) in [5, 5.41) is 12.0. The highest BCUT2D eigenvalue weighted by atomic mass is 16.2. The molecule has 0 unspecified atom stereocenters. The molecular formula is C30H42N10O4. The summed E-state index contributed by atoms with van der Waals surface area (Å²) in [5.41, 5.74) is 7.27. The van der Waals surface area contributed by atoms with Crippen LogP contribution in [0.25, 0.3) is 0 Å². The minimum absolute atomic E-state index is 0.0335. The van der Waals surface area contributed by atoms with E-state index >= 15 is 0 Å². The molecule has 1 aromatic carbocycles. The van der Waals surface area contributed by atoms with E-state index in [-0.39, 0.29) is 55.4 Å². The van der Waals surface area contributed by atoms with Crippen LogP contribution in [0.1, 0.15) is 48.2 Å². The number of likely N-dealkylation sites (tertiary alicyclic amines) is 1. The third-order valence-corrected chi connectivity index (χ3v) is 7.71. The van der Waals surface area contributed by atoms with Crippen molar-refractivity contribution in [2.75, 3.05) is 32.7 Å². The molecule has 236 valence electrons. The van der Waals surface area contributed by atoms with Crippen LogP contribution in [-0.2, 0) is 20.8 Å². The summed E-state index contributed by atoms with van der Waals surface area (Å²) in [4.78, 5) is 64.1. The highest BCUT2D eigenvalue weighted by Crippen LogP contribution is 2.27. The molecule has 0 radical (unpaired) electrons. The van der Waals surface area contributed by atoms with E-state index in [9.17, 15) is 19.2 Å². The first-order chi connectivity index (χ1) is 21.3. The summed E-state index contributed by atoms with van der Waals surface area (Å²) in [6, 6.07) is 7.29. The van der Waals surface area contributed by atoms with Crippen LogP contribution in [0.2, 0.25) is 0 Å². The van der Waals surface area contributed by atoms with Gasteiger partial charge in [0.25, 0.3) is 5.91 Å². The van der Waals surface area contributed by atoms with E-state index in [2.05, 4.69) is 31.0 Å². The summed E-state index contributed by atoms with van der Waals surface area (Å²) >= 11 is 0. The molecule has 2 heterocycles. The van der Waals surface area contributed by atoms with E-state index < -0.39 is 23.9 Å². The fraction of sp³-hybridized carbons (Fsp3) is 0.500. The summed E-state index contributed by atoms with van der Waals surface area (Å²) in [7, 11) is 0. The van der Waals surface area contributed by atoms with Crippen molar-refractivity contribution in [1.82, 2.24) is 35.7 Å². The van der Waals surface area contributed by atoms with Gasteiger partial charge in [-0.3, -0.25) is 24.2 Å². The molecule has 0 spiro atoms. The van der Waals surface area contributed by atoms with Crippen LogP contribution in [0.3, 0.4) is 0 Å². The number of nitrogens with zero attached hydrogens (tertiary/aromatic N) is 5. The number of amides is 4. The van der Waals surface area contributed by atoms with Crippen LogP contribution >= 0.6 is 0 Å². The molecule has 4 rings (SSSR count). The summed E-state index contributed by atoms with van der Waals surface area (Å²) in [5.74, 6) is 3.83. The number of rotatable bonds is 15. The maximum atomic E-state index is 13.9. The molecule has 1 saturated carbocycles. The highest BCUT2D eigenvalue weighted by molar-refractivity contribution is 5.94. The summed E-state index contributed by atoms with van der Waals surface area (Å²) < 4.78 is 0. The number of aromatic nitrogens is 2. The maximum Gasteiger partial charge on any atom is 0.271 e. The Morgan fingerprint density at radius 2 is 1.91 bits per heavy atom. The number of hydrogen-bond acceptors (Lipinski definition) is 9. The van der Waals surface area contributed by atoms with Crippen LogP contribution in [-0.4, -0.2) is 101 Å². The van der Waals surface area contributed by atoms with Gasteiger partial charge in [-0.1, -0.05) is 30.3 Å². The lowest BCUT2D eigenvalue weighted by Gasteiger charge is -2.31. The predicted octanol–water partition coefficient (Wildman–Crippen LogP) is -0.627. The van der Waals surface area contributed by atoms with Crippen molar-refractivity contribution in [1.29, 1.82) is 0 Å². The zero-order chi connectivity index (χ0) is 31.3. The molecule has 2 fully saturated rings. The number of benzene rings is 1. The monoisotopic (exact) mass is 606 g/mol. The van der Waals surface area contributed by atoms with Crippen molar-refractivity contribution in [3.8, 4) is 0 Å². The standard InChI is InChI=1S/C30H42N10O4/c31-24(15-21-5-2-1-3-6-21)28(42)38-25(16-27(41)36-17-22-7-4-13-39(19-22)20-37-32)30(44)40(23-8-9-23)14-12-35-29(43)26-18-33-10-11-34-26/h1-3,5-6,10-11,18,20,22-25H,4,7-9,12-17,19,31-32H2,(H,35,43)(H,36,41)(H,38,42)/t22-,24-,25-/m0/s1. The Morgan fingerprint density at radius 1 is 1.11 bits per heavy atom. The Hall–Kier alpha value is -4.59. The Morgan fingerprint density at radius 3 is 2.61 bits per heavy atom. The van der Waals surface area contributed by atoms with Crippen LogP contribution in [0.5, 0.6) is 0 Å². The first kappa shape index (κ1) is 32.3. The van der Waals surface area contributed by atoms with E-state index in [1.165, 1.54) is 18.6 Å². The Balaban J connectivity index is 1.39. The topological polar surface area (TPSA) is 201 Å². The van der Waals surface area contributed by atoms with E-state index in [1.807, 2.05) is 35.2 Å². The van der Waals surface area contributed by atoms with Gasteiger partial charge in [0.05, 0.1) is 18.7 Å². The van der Waals surface area contributed by atoms with E-state index in [0.717, 1.165) is 37.8 Å². The van der Waals surface area contributed by atoms with Crippen LogP contribution in [0, 0.1) is 5.92 Å². The van der Waals surface area contributed by atoms with Gasteiger partial charge in [0.15, 0.2) is 0 Å². The minimum atomic E-state index is -1.12. The molecule has 3 atom stereocenters. The number of nitrogens with two attached hydrogens (primary N) is 2. The molecule has 2 aliphatic rings. The van der Waals surface area contributed by atoms with Gasteiger partial charge in [-0.05, 0) is 43.6 Å². The lowest BCUT2D eigenvalue weighted by molar-refractivity contribution is -0.139. The van der Waals surface area contributed by atoms with E-state index in [4.69, 9.17) is 11.6 Å². The lowest BCUT2D eigenvalue weighted by Crippen LogP contribution is -2.55. The fourth-order valence-electron chi connectivity index (χ4n) is 5.27. The number of carbonyl (C=O) groups is 4. The molecule has 14 heteroatoms. The van der Waals surface area contributed by atoms with Crippen molar-refractivity contribution < 1.29 is 19.2 Å². The molecule has 2 aromatic rings. The Bertz CT molecular complexity index is 1280.